The van der Waals surface area contributed by atoms with Gasteiger partial charge in [0, 0.05) is 45.5 Å². The molecule has 7 nitrogen and oxygen atoms in total. The Kier molecular flexibility index (Phi) is 5.70. The van der Waals surface area contributed by atoms with Gasteiger partial charge in [-0.15, -0.1) is 11.3 Å². The summed E-state index contributed by atoms with van der Waals surface area (Å²) in [5, 5.41) is 5.41. The molecule has 2 heterocycles. The number of hydrogen-bond acceptors (Lipinski definition) is 5. The van der Waals surface area contributed by atoms with Crippen LogP contribution in [-0.4, -0.2) is 65.7 Å². The molecule has 0 aromatic carbocycles. The Balaban J connectivity index is 2.09. The van der Waals surface area contributed by atoms with E-state index in [0.717, 1.165) is 10.7 Å². The van der Waals surface area contributed by atoms with Crippen molar-refractivity contribution in [2.45, 2.75) is 20.3 Å². The van der Waals surface area contributed by atoms with Gasteiger partial charge >= 0.3 is 0 Å². The number of rotatable bonds is 3. The Labute approximate surface area is 139 Å². The quantitative estimate of drug-likeness (QED) is 0.844. The second-order valence-corrected chi connectivity index (χ2v) is 6.71. The Hall–Kier alpha value is -1.96. The van der Waals surface area contributed by atoms with Crippen LogP contribution in [0.4, 0.5) is 0 Å². The van der Waals surface area contributed by atoms with Crippen LogP contribution in [0.1, 0.15) is 17.6 Å². The molecule has 0 aliphatic carbocycles. The molecule has 8 heteroatoms. The molecule has 1 N–H and O–H groups in total. The Morgan fingerprint density at radius 1 is 1.30 bits per heavy atom. The fourth-order valence-corrected chi connectivity index (χ4v) is 3.27. The third-order valence-electron chi connectivity index (χ3n) is 3.94. The standard InChI is InChI=1S/C15H22N4O3S/c1-10-17-13(9-23-10)6-14(21)19-5-4-18(11(2)20)7-12(8-19)15(22)16-3/h9,12H,4-8H2,1-3H3,(H,16,22)/t12-/m1/s1. The zero-order chi connectivity index (χ0) is 17.0. The molecule has 126 valence electrons. The first-order chi connectivity index (χ1) is 10.9. The summed E-state index contributed by atoms with van der Waals surface area (Å²) in [5.74, 6) is -0.703. The molecule has 2 rings (SSSR count). The summed E-state index contributed by atoms with van der Waals surface area (Å²) in [4.78, 5) is 43.8. The van der Waals surface area contributed by atoms with Crippen molar-refractivity contribution in [3.63, 3.8) is 0 Å². The lowest BCUT2D eigenvalue weighted by molar-refractivity contribution is -0.132. The zero-order valence-corrected chi connectivity index (χ0v) is 14.5. The first-order valence-corrected chi connectivity index (χ1v) is 8.44. The van der Waals surface area contributed by atoms with Crippen LogP contribution >= 0.6 is 11.3 Å². The molecule has 0 spiro atoms. The maximum atomic E-state index is 12.5. The van der Waals surface area contributed by atoms with Crippen LogP contribution in [0.5, 0.6) is 0 Å². The highest BCUT2D eigenvalue weighted by molar-refractivity contribution is 7.09. The maximum Gasteiger partial charge on any atom is 0.228 e. The van der Waals surface area contributed by atoms with E-state index >= 15 is 0 Å². The molecule has 1 fully saturated rings. The Morgan fingerprint density at radius 3 is 2.52 bits per heavy atom. The minimum atomic E-state index is -0.410. The van der Waals surface area contributed by atoms with Crippen molar-refractivity contribution in [3.05, 3.63) is 16.1 Å². The van der Waals surface area contributed by atoms with Crippen molar-refractivity contribution in [2.24, 2.45) is 5.92 Å². The lowest BCUT2D eigenvalue weighted by atomic mass is 10.1. The van der Waals surface area contributed by atoms with E-state index in [1.165, 1.54) is 18.3 Å². The van der Waals surface area contributed by atoms with Crippen molar-refractivity contribution in [3.8, 4) is 0 Å². The van der Waals surface area contributed by atoms with Gasteiger partial charge in [-0.25, -0.2) is 4.98 Å². The van der Waals surface area contributed by atoms with Crippen molar-refractivity contribution >= 4 is 29.1 Å². The van der Waals surface area contributed by atoms with Crippen LogP contribution in [0, 0.1) is 12.8 Å². The fourth-order valence-electron chi connectivity index (χ4n) is 2.65. The lowest BCUT2D eigenvalue weighted by Gasteiger charge is -2.23. The smallest absolute Gasteiger partial charge is 0.228 e. The van der Waals surface area contributed by atoms with Crippen molar-refractivity contribution in [2.75, 3.05) is 33.2 Å². The number of carbonyl (C=O) groups excluding carboxylic acids is 3. The summed E-state index contributed by atoms with van der Waals surface area (Å²) < 4.78 is 0. The highest BCUT2D eigenvalue weighted by Gasteiger charge is 2.30. The van der Waals surface area contributed by atoms with Crippen LogP contribution < -0.4 is 5.32 Å². The van der Waals surface area contributed by atoms with E-state index in [2.05, 4.69) is 10.3 Å². The molecule has 1 saturated heterocycles. The van der Waals surface area contributed by atoms with Crippen LogP contribution in [0.2, 0.25) is 0 Å². The van der Waals surface area contributed by atoms with E-state index in [0.29, 0.717) is 26.2 Å². The van der Waals surface area contributed by atoms with E-state index in [-0.39, 0.29) is 24.1 Å². The topological polar surface area (TPSA) is 82.6 Å². The monoisotopic (exact) mass is 338 g/mol. The predicted octanol–water partition coefficient (Wildman–Crippen LogP) is 0.0469. The van der Waals surface area contributed by atoms with Gasteiger partial charge in [0.1, 0.15) is 0 Å². The highest BCUT2D eigenvalue weighted by Crippen LogP contribution is 2.14. The summed E-state index contributed by atoms with van der Waals surface area (Å²) in [7, 11) is 1.57. The van der Waals surface area contributed by atoms with Gasteiger partial charge in [0.25, 0.3) is 0 Å². The van der Waals surface area contributed by atoms with E-state index in [9.17, 15) is 14.4 Å². The van der Waals surface area contributed by atoms with E-state index < -0.39 is 5.92 Å². The van der Waals surface area contributed by atoms with Crippen LogP contribution in [0.3, 0.4) is 0 Å². The molecule has 0 unspecified atom stereocenters. The first-order valence-electron chi connectivity index (χ1n) is 7.56. The molecule has 23 heavy (non-hydrogen) atoms. The average molecular weight is 338 g/mol. The zero-order valence-electron chi connectivity index (χ0n) is 13.7. The van der Waals surface area contributed by atoms with E-state index in [4.69, 9.17) is 0 Å². The van der Waals surface area contributed by atoms with Gasteiger partial charge in [0.2, 0.25) is 17.7 Å². The second kappa shape index (κ2) is 7.54. The predicted molar refractivity (Wildman–Crippen MR) is 86.9 cm³/mol. The molecule has 1 aromatic rings. The number of thiazole rings is 1. The lowest BCUT2D eigenvalue weighted by Crippen LogP contribution is -2.42. The summed E-state index contributed by atoms with van der Waals surface area (Å²) in [5.41, 5.74) is 0.752. The van der Waals surface area contributed by atoms with Gasteiger partial charge in [0.05, 0.1) is 23.0 Å². The number of aromatic nitrogens is 1. The molecule has 3 amide bonds. The van der Waals surface area contributed by atoms with Gasteiger partial charge in [0.15, 0.2) is 0 Å². The van der Waals surface area contributed by atoms with Gasteiger partial charge < -0.3 is 15.1 Å². The summed E-state index contributed by atoms with van der Waals surface area (Å²) in [6.45, 7) is 4.94. The normalized spacial score (nSPS) is 18.5. The molecular formula is C15H22N4O3S. The van der Waals surface area contributed by atoms with Crippen molar-refractivity contribution in [1.82, 2.24) is 20.1 Å². The average Bonchev–Trinajstić information content (AvgIpc) is 2.79. The van der Waals surface area contributed by atoms with Crippen molar-refractivity contribution < 1.29 is 14.4 Å². The second-order valence-electron chi connectivity index (χ2n) is 5.65. The Bertz CT molecular complexity index is 601. The number of carbonyl (C=O) groups is 3. The maximum absolute atomic E-state index is 12.5. The third kappa shape index (κ3) is 4.51. The van der Waals surface area contributed by atoms with Crippen LogP contribution in [-0.2, 0) is 20.8 Å². The molecule has 0 radical (unpaired) electrons. The van der Waals surface area contributed by atoms with E-state index in [1.54, 1.807) is 16.8 Å². The van der Waals surface area contributed by atoms with Gasteiger partial charge in [-0.2, -0.15) is 0 Å². The molecular weight excluding hydrogens is 316 g/mol. The molecule has 0 saturated carbocycles. The van der Waals surface area contributed by atoms with Gasteiger partial charge in [-0.1, -0.05) is 0 Å². The summed E-state index contributed by atoms with van der Waals surface area (Å²) in [6.07, 6.45) is 0.227. The minimum Gasteiger partial charge on any atom is -0.359 e. The molecule has 1 atom stereocenters. The van der Waals surface area contributed by atoms with Crippen LogP contribution in [0.15, 0.2) is 5.38 Å². The Morgan fingerprint density at radius 2 is 1.96 bits per heavy atom. The van der Waals surface area contributed by atoms with Gasteiger partial charge in [-0.3, -0.25) is 14.4 Å². The van der Waals surface area contributed by atoms with Crippen molar-refractivity contribution in [1.29, 1.82) is 0 Å². The first kappa shape index (κ1) is 17.4. The molecule has 0 bridgehead atoms. The molecule has 1 aliphatic heterocycles. The molecule has 1 aromatic heterocycles. The number of nitrogens with zero attached hydrogens (tertiary/aromatic N) is 3. The number of amides is 3. The number of nitrogens with one attached hydrogen (secondary N) is 1. The third-order valence-corrected chi connectivity index (χ3v) is 4.76. The largest absolute Gasteiger partial charge is 0.359 e. The SMILES string of the molecule is CNC(=O)[C@@H]1CN(C(C)=O)CCN(C(=O)Cc2csc(C)n2)C1. The summed E-state index contributed by atoms with van der Waals surface area (Å²) in [6, 6.07) is 0. The minimum absolute atomic E-state index is 0.0606. The molecule has 1 aliphatic rings. The van der Waals surface area contributed by atoms with Crippen LogP contribution in [0.25, 0.3) is 0 Å². The fraction of sp³-hybridized carbons (Fsp3) is 0.600. The highest BCUT2D eigenvalue weighted by atomic mass is 32.1. The number of aryl methyl sites for hydroxylation is 1. The van der Waals surface area contributed by atoms with Gasteiger partial charge in [-0.05, 0) is 6.92 Å². The van der Waals surface area contributed by atoms with E-state index in [1.807, 2.05) is 12.3 Å². The number of hydrogen-bond donors (Lipinski definition) is 1. The summed E-state index contributed by atoms with van der Waals surface area (Å²) >= 11 is 1.51.